The number of rotatable bonds is 5. The highest BCUT2D eigenvalue weighted by molar-refractivity contribution is 7.14. The van der Waals surface area contributed by atoms with Crippen LogP contribution in [-0.4, -0.2) is 20.4 Å². The minimum atomic E-state index is -0.0980. The van der Waals surface area contributed by atoms with Crippen LogP contribution in [0.25, 0.3) is 22.4 Å². The first kappa shape index (κ1) is 17.5. The Labute approximate surface area is 160 Å². The predicted molar refractivity (Wildman–Crippen MR) is 107 cm³/mol. The molecule has 7 heteroatoms. The SMILES string of the molecule is Cc1cc(-c2csc(NC(=O)CCc3nc4ccccc4o3)n2)c(C)n1C. The van der Waals surface area contributed by atoms with Crippen LogP contribution in [0.3, 0.4) is 0 Å². The number of amides is 1. The molecule has 0 unspecified atom stereocenters. The molecule has 138 valence electrons. The maximum absolute atomic E-state index is 12.3. The number of thiazole rings is 1. The van der Waals surface area contributed by atoms with Crippen molar-refractivity contribution in [2.24, 2.45) is 7.05 Å². The van der Waals surface area contributed by atoms with Crippen molar-refractivity contribution in [2.75, 3.05) is 5.32 Å². The van der Waals surface area contributed by atoms with E-state index in [1.54, 1.807) is 0 Å². The van der Waals surface area contributed by atoms with E-state index in [1.165, 1.54) is 17.0 Å². The highest BCUT2D eigenvalue weighted by atomic mass is 32.1. The molecule has 0 bridgehead atoms. The summed E-state index contributed by atoms with van der Waals surface area (Å²) in [7, 11) is 2.04. The van der Waals surface area contributed by atoms with Crippen molar-refractivity contribution in [2.45, 2.75) is 26.7 Å². The first-order chi connectivity index (χ1) is 13.0. The van der Waals surface area contributed by atoms with Gasteiger partial charge in [-0.1, -0.05) is 12.1 Å². The zero-order valence-electron chi connectivity index (χ0n) is 15.4. The van der Waals surface area contributed by atoms with Gasteiger partial charge in [0.2, 0.25) is 5.91 Å². The Kier molecular flexibility index (Phi) is 4.53. The van der Waals surface area contributed by atoms with E-state index >= 15 is 0 Å². The quantitative estimate of drug-likeness (QED) is 0.554. The average Bonchev–Trinajstić information content (AvgIpc) is 3.34. The second-order valence-electron chi connectivity index (χ2n) is 6.51. The summed E-state index contributed by atoms with van der Waals surface area (Å²) in [5.74, 6) is 0.473. The van der Waals surface area contributed by atoms with Gasteiger partial charge in [-0.15, -0.1) is 11.3 Å². The highest BCUT2D eigenvalue weighted by Crippen LogP contribution is 2.29. The smallest absolute Gasteiger partial charge is 0.226 e. The van der Waals surface area contributed by atoms with Gasteiger partial charge in [-0.05, 0) is 32.0 Å². The summed E-state index contributed by atoms with van der Waals surface area (Å²) in [6.45, 7) is 4.14. The molecular weight excluding hydrogens is 360 g/mol. The van der Waals surface area contributed by atoms with Crippen molar-refractivity contribution in [1.29, 1.82) is 0 Å². The first-order valence-electron chi connectivity index (χ1n) is 8.74. The largest absolute Gasteiger partial charge is 0.441 e. The number of nitrogens with zero attached hydrogens (tertiary/aromatic N) is 3. The fraction of sp³-hybridized carbons (Fsp3) is 0.250. The molecule has 6 nitrogen and oxygen atoms in total. The first-order valence-corrected chi connectivity index (χ1v) is 9.62. The zero-order chi connectivity index (χ0) is 19.0. The normalized spacial score (nSPS) is 11.2. The number of benzene rings is 1. The van der Waals surface area contributed by atoms with E-state index in [9.17, 15) is 4.79 Å². The van der Waals surface area contributed by atoms with Crippen LogP contribution in [0.1, 0.15) is 23.7 Å². The summed E-state index contributed by atoms with van der Waals surface area (Å²) in [6.07, 6.45) is 0.751. The van der Waals surface area contributed by atoms with Gasteiger partial charge in [0.15, 0.2) is 16.6 Å². The van der Waals surface area contributed by atoms with Gasteiger partial charge in [-0.3, -0.25) is 4.79 Å². The molecule has 3 heterocycles. The highest BCUT2D eigenvalue weighted by Gasteiger charge is 2.14. The van der Waals surface area contributed by atoms with E-state index in [0.717, 1.165) is 28.1 Å². The summed E-state index contributed by atoms with van der Waals surface area (Å²) in [4.78, 5) is 21.2. The number of para-hydroxylation sites is 2. The molecule has 0 fully saturated rings. The topological polar surface area (TPSA) is 73.0 Å². The fourth-order valence-electron chi connectivity index (χ4n) is 3.00. The van der Waals surface area contributed by atoms with E-state index < -0.39 is 0 Å². The third kappa shape index (κ3) is 3.50. The number of aromatic nitrogens is 3. The van der Waals surface area contributed by atoms with Crippen LogP contribution in [0, 0.1) is 13.8 Å². The van der Waals surface area contributed by atoms with Gasteiger partial charge in [0.1, 0.15) is 5.52 Å². The number of fused-ring (bicyclic) bond motifs is 1. The number of carbonyl (C=O) groups excluding carboxylic acids is 1. The van der Waals surface area contributed by atoms with Crippen molar-refractivity contribution in [3.8, 4) is 11.3 Å². The van der Waals surface area contributed by atoms with Gasteiger partial charge in [-0.2, -0.15) is 0 Å². The zero-order valence-corrected chi connectivity index (χ0v) is 16.3. The Morgan fingerprint density at radius 1 is 1.26 bits per heavy atom. The lowest BCUT2D eigenvalue weighted by molar-refractivity contribution is -0.116. The minimum absolute atomic E-state index is 0.0980. The van der Waals surface area contributed by atoms with Gasteiger partial charge in [-0.25, -0.2) is 9.97 Å². The summed E-state index contributed by atoms with van der Waals surface area (Å²) in [5.41, 5.74) is 5.87. The third-order valence-corrected chi connectivity index (χ3v) is 5.46. The van der Waals surface area contributed by atoms with Crippen molar-refractivity contribution in [1.82, 2.24) is 14.5 Å². The standard InChI is InChI=1S/C20H20N4O2S/c1-12-10-14(13(2)24(12)3)16-11-27-20(22-16)23-18(25)8-9-19-21-15-6-4-5-7-17(15)26-19/h4-7,10-11H,8-9H2,1-3H3,(H,22,23,25). The van der Waals surface area contributed by atoms with Gasteiger partial charge in [0.25, 0.3) is 0 Å². The molecular formula is C20H20N4O2S. The summed E-state index contributed by atoms with van der Waals surface area (Å²) >= 11 is 1.43. The molecule has 4 aromatic rings. The molecule has 1 N–H and O–H groups in total. The second-order valence-corrected chi connectivity index (χ2v) is 7.36. The molecule has 0 aliphatic carbocycles. The monoisotopic (exact) mass is 380 g/mol. The molecule has 0 spiro atoms. The minimum Gasteiger partial charge on any atom is -0.441 e. The lowest BCUT2D eigenvalue weighted by Gasteiger charge is -2.01. The number of aryl methyl sites for hydroxylation is 2. The van der Waals surface area contributed by atoms with Crippen molar-refractivity contribution in [3.05, 3.63) is 53.0 Å². The number of hydrogen-bond acceptors (Lipinski definition) is 5. The molecule has 3 aromatic heterocycles. The predicted octanol–water partition coefficient (Wildman–Crippen LogP) is 4.48. The van der Waals surface area contributed by atoms with Crippen molar-refractivity contribution < 1.29 is 9.21 Å². The lowest BCUT2D eigenvalue weighted by Crippen LogP contribution is -2.12. The van der Waals surface area contributed by atoms with Gasteiger partial charge in [0, 0.05) is 42.2 Å². The molecule has 1 aromatic carbocycles. The Morgan fingerprint density at radius 2 is 2.07 bits per heavy atom. The van der Waals surface area contributed by atoms with Gasteiger partial charge in [0.05, 0.1) is 5.69 Å². The maximum atomic E-state index is 12.3. The van der Waals surface area contributed by atoms with Crippen LogP contribution in [0.15, 0.2) is 40.1 Å². The fourth-order valence-corrected chi connectivity index (χ4v) is 3.73. The van der Waals surface area contributed by atoms with Crippen molar-refractivity contribution >= 4 is 33.5 Å². The third-order valence-electron chi connectivity index (χ3n) is 4.71. The summed E-state index contributed by atoms with van der Waals surface area (Å²) in [5, 5.41) is 5.44. The van der Waals surface area contributed by atoms with E-state index in [1.807, 2.05) is 36.7 Å². The van der Waals surface area contributed by atoms with E-state index in [4.69, 9.17) is 4.42 Å². The Morgan fingerprint density at radius 3 is 2.81 bits per heavy atom. The van der Waals surface area contributed by atoms with Crippen molar-refractivity contribution in [3.63, 3.8) is 0 Å². The van der Waals surface area contributed by atoms with E-state index in [2.05, 4.69) is 39.8 Å². The molecule has 27 heavy (non-hydrogen) atoms. The summed E-state index contributed by atoms with van der Waals surface area (Å²) in [6, 6.07) is 9.70. The van der Waals surface area contributed by atoms with Crippen LogP contribution in [-0.2, 0) is 18.3 Å². The van der Waals surface area contributed by atoms with Crippen LogP contribution in [0.4, 0.5) is 5.13 Å². The Balaban J connectivity index is 1.39. The van der Waals surface area contributed by atoms with Crippen LogP contribution < -0.4 is 5.32 Å². The van der Waals surface area contributed by atoms with E-state index in [-0.39, 0.29) is 5.91 Å². The Bertz CT molecular complexity index is 1090. The number of anilines is 1. The van der Waals surface area contributed by atoms with Crippen LogP contribution in [0.2, 0.25) is 0 Å². The Hall–Kier alpha value is -2.93. The second kappa shape index (κ2) is 7.00. The molecule has 1 amide bonds. The molecule has 0 aliphatic heterocycles. The molecule has 0 aliphatic rings. The number of nitrogens with one attached hydrogen (secondary N) is 1. The lowest BCUT2D eigenvalue weighted by atomic mass is 10.2. The van der Waals surface area contributed by atoms with Gasteiger partial charge >= 0.3 is 0 Å². The van der Waals surface area contributed by atoms with E-state index in [0.29, 0.717) is 23.9 Å². The summed E-state index contributed by atoms with van der Waals surface area (Å²) < 4.78 is 7.78. The molecule has 4 rings (SSSR count). The molecule has 0 saturated heterocycles. The number of carbonyl (C=O) groups is 1. The van der Waals surface area contributed by atoms with Crippen LogP contribution >= 0.6 is 11.3 Å². The molecule has 0 saturated carbocycles. The number of hydrogen-bond donors (Lipinski definition) is 1. The maximum Gasteiger partial charge on any atom is 0.226 e. The number of oxazole rings is 1. The molecule has 0 radical (unpaired) electrons. The van der Waals surface area contributed by atoms with Gasteiger partial charge < -0.3 is 14.3 Å². The average molecular weight is 380 g/mol. The molecule has 0 atom stereocenters. The van der Waals surface area contributed by atoms with Crippen LogP contribution in [0.5, 0.6) is 0 Å².